The number of rotatable bonds is 7. The van der Waals surface area contributed by atoms with Crippen LogP contribution in [0.2, 0.25) is 0 Å². The summed E-state index contributed by atoms with van der Waals surface area (Å²) in [6.07, 6.45) is 3.55. The maximum Gasteiger partial charge on any atom is 0.338 e. The molecule has 3 rings (SSSR count). The number of aryl methyl sites for hydroxylation is 1. The van der Waals surface area contributed by atoms with Crippen LogP contribution in [-0.4, -0.2) is 51.4 Å². The number of benzene rings is 2. The van der Waals surface area contributed by atoms with Gasteiger partial charge in [0.15, 0.2) is 6.61 Å². The Bertz CT molecular complexity index is 1080. The van der Waals surface area contributed by atoms with E-state index in [2.05, 4.69) is 5.32 Å². The van der Waals surface area contributed by atoms with E-state index >= 15 is 0 Å². The first-order valence-electron chi connectivity index (χ1n) is 10.5. The largest absolute Gasteiger partial charge is 0.495 e. The molecule has 1 aliphatic rings. The number of hydrogen-bond donors (Lipinski definition) is 1. The molecule has 2 aromatic carbocycles. The summed E-state index contributed by atoms with van der Waals surface area (Å²) >= 11 is 0. The number of nitrogens with zero attached hydrogens (tertiary/aromatic N) is 1. The lowest BCUT2D eigenvalue weighted by Crippen LogP contribution is -2.32. The van der Waals surface area contributed by atoms with Crippen molar-refractivity contribution in [3.63, 3.8) is 0 Å². The molecule has 32 heavy (non-hydrogen) atoms. The first-order chi connectivity index (χ1) is 15.3. The van der Waals surface area contributed by atoms with Crippen molar-refractivity contribution >= 4 is 27.6 Å². The molecule has 172 valence electrons. The molecule has 2 aromatic rings. The van der Waals surface area contributed by atoms with E-state index in [1.54, 1.807) is 12.1 Å². The fraction of sp³-hybridized carbons (Fsp3) is 0.391. The van der Waals surface area contributed by atoms with Crippen LogP contribution in [0.25, 0.3) is 0 Å². The highest BCUT2D eigenvalue weighted by Crippen LogP contribution is 2.29. The lowest BCUT2D eigenvalue weighted by atomic mass is 10.2. The molecule has 0 bridgehead atoms. The molecule has 0 radical (unpaired) electrons. The van der Waals surface area contributed by atoms with Gasteiger partial charge in [0.1, 0.15) is 10.6 Å². The van der Waals surface area contributed by atoms with E-state index in [9.17, 15) is 18.0 Å². The van der Waals surface area contributed by atoms with E-state index in [4.69, 9.17) is 9.47 Å². The molecule has 1 saturated heterocycles. The van der Waals surface area contributed by atoms with Gasteiger partial charge in [0.05, 0.1) is 12.7 Å². The minimum Gasteiger partial charge on any atom is -0.495 e. The highest BCUT2D eigenvalue weighted by atomic mass is 32.2. The second-order valence-corrected chi connectivity index (χ2v) is 9.53. The fourth-order valence-electron chi connectivity index (χ4n) is 3.54. The molecule has 1 aliphatic heterocycles. The van der Waals surface area contributed by atoms with Gasteiger partial charge in [-0.15, -0.1) is 0 Å². The molecule has 1 heterocycles. The van der Waals surface area contributed by atoms with Crippen LogP contribution in [0.5, 0.6) is 5.75 Å². The molecule has 0 aromatic heterocycles. The van der Waals surface area contributed by atoms with E-state index in [0.717, 1.165) is 31.2 Å². The van der Waals surface area contributed by atoms with Crippen molar-refractivity contribution in [1.82, 2.24) is 4.31 Å². The van der Waals surface area contributed by atoms with Crippen molar-refractivity contribution in [1.29, 1.82) is 0 Å². The Morgan fingerprint density at radius 2 is 1.72 bits per heavy atom. The molecular weight excluding hydrogens is 432 g/mol. The molecule has 0 aliphatic carbocycles. The van der Waals surface area contributed by atoms with Gasteiger partial charge in [-0.1, -0.05) is 31.0 Å². The molecule has 0 unspecified atom stereocenters. The van der Waals surface area contributed by atoms with Gasteiger partial charge in [0.25, 0.3) is 5.91 Å². The molecule has 8 nitrogen and oxygen atoms in total. The van der Waals surface area contributed by atoms with E-state index in [1.165, 1.54) is 29.6 Å². The SMILES string of the molecule is COc1ccc(C(=O)OCC(=O)Nc2ccccc2C)cc1S(=O)(=O)N1CCCCCC1. The van der Waals surface area contributed by atoms with Crippen LogP contribution in [-0.2, 0) is 19.6 Å². The van der Waals surface area contributed by atoms with Gasteiger partial charge in [0, 0.05) is 18.8 Å². The Balaban J connectivity index is 1.73. The summed E-state index contributed by atoms with van der Waals surface area (Å²) in [5.41, 5.74) is 1.54. The summed E-state index contributed by atoms with van der Waals surface area (Å²) in [5.74, 6) is -1.12. The third-order valence-electron chi connectivity index (χ3n) is 5.34. The fourth-order valence-corrected chi connectivity index (χ4v) is 5.24. The highest BCUT2D eigenvalue weighted by molar-refractivity contribution is 7.89. The molecule has 0 saturated carbocycles. The van der Waals surface area contributed by atoms with Gasteiger partial charge < -0.3 is 14.8 Å². The zero-order valence-corrected chi connectivity index (χ0v) is 19.1. The Morgan fingerprint density at radius 3 is 2.38 bits per heavy atom. The molecule has 1 fully saturated rings. The number of anilines is 1. The summed E-state index contributed by atoms with van der Waals surface area (Å²) in [7, 11) is -2.46. The van der Waals surface area contributed by atoms with Crippen LogP contribution in [0, 0.1) is 6.92 Å². The van der Waals surface area contributed by atoms with Crippen LogP contribution < -0.4 is 10.1 Å². The van der Waals surface area contributed by atoms with Gasteiger partial charge in [-0.05, 0) is 49.6 Å². The average Bonchev–Trinajstić information content (AvgIpc) is 3.09. The number of sulfonamides is 1. The van der Waals surface area contributed by atoms with Crippen LogP contribution in [0.1, 0.15) is 41.6 Å². The summed E-state index contributed by atoms with van der Waals surface area (Å²) in [6, 6.07) is 11.3. The Labute approximate surface area is 188 Å². The predicted octanol–water partition coefficient (Wildman–Crippen LogP) is 3.36. The Hall–Kier alpha value is -2.91. The quantitative estimate of drug-likeness (QED) is 0.636. The highest BCUT2D eigenvalue weighted by Gasteiger charge is 2.29. The van der Waals surface area contributed by atoms with Gasteiger partial charge >= 0.3 is 5.97 Å². The maximum absolute atomic E-state index is 13.2. The minimum absolute atomic E-state index is 0.0305. The summed E-state index contributed by atoms with van der Waals surface area (Å²) in [5, 5.41) is 2.68. The number of carbonyl (C=O) groups is 2. The smallest absolute Gasteiger partial charge is 0.338 e. The minimum atomic E-state index is -3.84. The lowest BCUT2D eigenvalue weighted by Gasteiger charge is -2.21. The van der Waals surface area contributed by atoms with Crippen LogP contribution in [0.15, 0.2) is 47.4 Å². The summed E-state index contributed by atoms with van der Waals surface area (Å²) < 4.78 is 38.2. The van der Waals surface area contributed by atoms with Gasteiger partial charge in [-0.3, -0.25) is 4.79 Å². The standard InChI is InChI=1S/C23H28N2O6S/c1-17-9-5-6-10-19(17)24-22(26)16-31-23(27)18-11-12-20(30-2)21(15-18)32(28,29)25-13-7-3-4-8-14-25/h5-6,9-12,15H,3-4,7-8,13-14,16H2,1-2H3,(H,24,26). The third-order valence-corrected chi connectivity index (χ3v) is 7.26. The predicted molar refractivity (Wildman–Crippen MR) is 120 cm³/mol. The molecule has 0 atom stereocenters. The maximum atomic E-state index is 13.2. The van der Waals surface area contributed by atoms with Gasteiger partial charge in [0.2, 0.25) is 10.0 Å². The lowest BCUT2D eigenvalue weighted by molar-refractivity contribution is -0.119. The molecule has 1 amide bonds. The second kappa shape index (κ2) is 10.6. The number of para-hydroxylation sites is 1. The van der Waals surface area contributed by atoms with Gasteiger partial charge in [-0.25, -0.2) is 13.2 Å². The third kappa shape index (κ3) is 5.66. The Morgan fingerprint density at radius 1 is 1.03 bits per heavy atom. The number of esters is 1. The van der Waals surface area contributed by atoms with E-state index in [-0.39, 0.29) is 16.2 Å². The van der Waals surface area contributed by atoms with Crippen molar-refractivity contribution in [3.8, 4) is 5.75 Å². The monoisotopic (exact) mass is 460 g/mol. The molecular formula is C23H28N2O6S. The van der Waals surface area contributed by atoms with Crippen molar-refractivity contribution in [2.45, 2.75) is 37.5 Å². The number of amides is 1. The second-order valence-electron chi connectivity index (χ2n) is 7.62. The van der Waals surface area contributed by atoms with Crippen molar-refractivity contribution < 1.29 is 27.5 Å². The summed E-state index contributed by atoms with van der Waals surface area (Å²) in [4.78, 5) is 24.6. The number of methoxy groups -OCH3 is 1. The number of carbonyl (C=O) groups excluding carboxylic acids is 2. The van der Waals surface area contributed by atoms with E-state index in [0.29, 0.717) is 18.8 Å². The Kier molecular flexibility index (Phi) is 7.87. The molecule has 1 N–H and O–H groups in total. The van der Waals surface area contributed by atoms with Gasteiger partial charge in [-0.2, -0.15) is 4.31 Å². The number of nitrogens with one attached hydrogen (secondary N) is 1. The van der Waals surface area contributed by atoms with Crippen LogP contribution in [0.3, 0.4) is 0 Å². The average molecular weight is 461 g/mol. The number of hydrogen-bond acceptors (Lipinski definition) is 6. The van der Waals surface area contributed by atoms with Crippen molar-refractivity contribution in [2.24, 2.45) is 0 Å². The van der Waals surface area contributed by atoms with E-state index < -0.39 is 28.5 Å². The van der Waals surface area contributed by atoms with Crippen molar-refractivity contribution in [3.05, 3.63) is 53.6 Å². The number of ether oxygens (including phenoxy) is 2. The normalized spacial score (nSPS) is 14.9. The topological polar surface area (TPSA) is 102 Å². The van der Waals surface area contributed by atoms with Crippen LogP contribution in [0.4, 0.5) is 5.69 Å². The molecule has 0 spiro atoms. The van der Waals surface area contributed by atoms with Crippen LogP contribution >= 0.6 is 0 Å². The summed E-state index contributed by atoms with van der Waals surface area (Å²) in [6.45, 7) is 2.22. The van der Waals surface area contributed by atoms with E-state index in [1.807, 2.05) is 19.1 Å². The first-order valence-corrected chi connectivity index (χ1v) is 12.0. The molecule has 9 heteroatoms. The first kappa shape index (κ1) is 23.7. The zero-order valence-electron chi connectivity index (χ0n) is 18.3. The van der Waals surface area contributed by atoms with Crippen molar-refractivity contribution in [2.75, 3.05) is 32.1 Å². The zero-order chi connectivity index (χ0) is 23.1.